The molecule has 4 nitrogen and oxygen atoms in total. The second kappa shape index (κ2) is 6.06. The molecule has 2 aromatic rings. The molecule has 0 saturated carbocycles. The molecule has 0 saturated heterocycles. The van der Waals surface area contributed by atoms with Crippen LogP contribution in [0.3, 0.4) is 0 Å². The van der Waals surface area contributed by atoms with E-state index in [-0.39, 0.29) is 11.6 Å². The summed E-state index contributed by atoms with van der Waals surface area (Å²) in [6, 6.07) is 9.32. The maximum Gasteiger partial charge on any atom is 0.255 e. The number of para-hydroxylation sites is 1. The second-order valence-corrected chi connectivity index (χ2v) is 4.00. The van der Waals surface area contributed by atoms with Crippen LogP contribution in [0.25, 0.3) is 0 Å². The fourth-order valence-corrected chi connectivity index (χ4v) is 1.65. The number of amides is 1. The topological polar surface area (TPSA) is 54.0 Å². The quantitative estimate of drug-likeness (QED) is 0.885. The van der Waals surface area contributed by atoms with Gasteiger partial charge in [0.1, 0.15) is 5.82 Å². The fourth-order valence-electron chi connectivity index (χ4n) is 1.65. The molecule has 0 fully saturated rings. The van der Waals surface area contributed by atoms with E-state index in [1.54, 1.807) is 37.5 Å². The molecule has 2 rings (SSSR count). The Labute approximate surface area is 110 Å². The van der Waals surface area contributed by atoms with Crippen molar-refractivity contribution in [3.63, 3.8) is 0 Å². The molecule has 2 N–H and O–H groups in total. The lowest BCUT2D eigenvalue weighted by atomic mass is 10.2. The molecule has 0 aliphatic rings. The van der Waals surface area contributed by atoms with Crippen molar-refractivity contribution in [3.8, 4) is 0 Å². The molecule has 1 aromatic heterocycles. The maximum atomic E-state index is 13.4. The van der Waals surface area contributed by atoms with Gasteiger partial charge in [0.05, 0.1) is 11.4 Å². The molecule has 0 aliphatic carbocycles. The number of anilines is 1. The predicted octanol–water partition coefficient (Wildman–Crippen LogP) is 2.19. The molecule has 0 unspecified atom stereocenters. The molecule has 1 aromatic carbocycles. The predicted molar refractivity (Wildman–Crippen MR) is 71.4 cm³/mol. The normalized spacial score (nSPS) is 10.2. The number of nitrogens with one attached hydrogen (secondary N) is 2. The zero-order valence-corrected chi connectivity index (χ0v) is 10.5. The Morgan fingerprint density at radius 1 is 1.32 bits per heavy atom. The number of hydrogen-bond acceptors (Lipinski definition) is 3. The lowest BCUT2D eigenvalue weighted by Crippen LogP contribution is -2.14. The van der Waals surface area contributed by atoms with Crippen molar-refractivity contribution in [2.45, 2.75) is 6.54 Å². The molecule has 0 bridgehead atoms. The van der Waals surface area contributed by atoms with Gasteiger partial charge in [-0.2, -0.15) is 0 Å². The summed E-state index contributed by atoms with van der Waals surface area (Å²) >= 11 is 0. The van der Waals surface area contributed by atoms with E-state index in [0.717, 1.165) is 5.69 Å². The SMILES string of the molecule is CNCc1cc(C(=O)Nc2ccccc2F)ccn1. The average Bonchev–Trinajstić information content (AvgIpc) is 2.42. The summed E-state index contributed by atoms with van der Waals surface area (Å²) in [7, 11) is 1.80. The maximum absolute atomic E-state index is 13.4. The Morgan fingerprint density at radius 3 is 2.84 bits per heavy atom. The van der Waals surface area contributed by atoms with E-state index in [4.69, 9.17) is 0 Å². The van der Waals surface area contributed by atoms with E-state index in [0.29, 0.717) is 12.1 Å². The third kappa shape index (κ3) is 3.35. The van der Waals surface area contributed by atoms with Crippen molar-refractivity contribution >= 4 is 11.6 Å². The van der Waals surface area contributed by atoms with Gasteiger partial charge in [0.25, 0.3) is 5.91 Å². The Hall–Kier alpha value is -2.27. The van der Waals surface area contributed by atoms with E-state index in [1.807, 2.05) is 0 Å². The molecule has 0 atom stereocenters. The summed E-state index contributed by atoms with van der Waals surface area (Å²) in [4.78, 5) is 16.1. The van der Waals surface area contributed by atoms with Crippen LogP contribution < -0.4 is 10.6 Å². The molecular formula is C14H14FN3O. The number of nitrogens with zero attached hydrogens (tertiary/aromatic N) is 1. The highest BCUT2D eigenvalue weighted by Gasteiger charge is 2.09. The zero-order chi connectivity index (χ0) is 13.7. The van der Waals surface area contributed by atoms with Crippen LogP contribution in [-0.4, -0.2) is 17.9 Å². The Morgan fingerprint density at radius 2 is 2.11 bits per heavy atom. The largest absolute Gasteiger partial charge is 0.319 e. The molecule has 0 aliphatic heterocycles. The highest BCUT2D eigenvalue weighted by atomic mass is 19.1. The summed E-state index contributed by atoms with van der Waals surface area (Å²) in [5.41, 5.74) is 1.37. The van der Waals surface area contributed by atoms with Gasteiger partial charge < -0.3 is 10.6 Å². The Balaban J connectivity index is 2.16. The molecule has 1 amide bonds. The van der Waals surface area contributed by atoms with Crippen molar-refractivity contribution in [3.05, 3.63) is 59.7 Å². The lowest BCUT2D eigenvalue weighted by molar-refractivity contribution is 0.102. The van der Waals surface area contributed by atoms with Crippen LogP contribution in [0.1, 0.15) is 16.1 Å². The molecule has 5 heteroatoms. The molecule has 98 valence electrons. The summed E-state index contributed by atoms with van der Waals surface area (Å²) in [6.45, 7) is 0.570. The van der Waals surface area contributed by atoms with Gasteiger partial charge in [0.15, 0.2) is 0 Å². The second-order valence-electron chi connectivity index (χ2n) is 4.00. The number of benzene rings is 1. The first-order valence-electron chi connectivity index (χ1n) is 5.86. The molecule has 0 spiro atoms. The van der Waals surface area contributed by atoms with Gasteiger partial charge in [0.2, 0.25) is 0 Å². The average molecular weight is 259 g/mol. The Kier molecular flexibility index (Phi) is 4.20. The van der Waals surface area contributed by atoms with Crippen LogP contribution >= 0.6 is 0 Å². The monoisotopic (exact) mass is 259 g/mol. The fraction of sp³-hybridized carbons (Fsp3) is 0.143. The van der Waals surface area contributed by atoms with Gasteiger partial charge in [-0.25, -0.2) is 4.39 Å². The van der Waals surface area contributed by atoms with E-state index >= 15 is 0 Å². The summed E-state index contributed by atoms with van der Waals surface area (Å²) < 4.78 is 13.4. The standard InChI is InChI=1S/C14H14FN3O/c1-16-9-11-8-10(6-7-17-11)14(19)18-13-5-3-2-4-12(13)15/h2-8,16H,9H2,1H3,(H,18,19). The molecule has 19 heavy (non-hydrogen) atoms. The van der Waals surface area contributed by atoms with Gasteiger partial charge in [-0.05, 0) is 31.3 Å². The van der Waals surface area contributed by atoms with Gasteiger partial charge in [-0.1, -0.05) is 12.1 Å². The molecular weight excluding hydrogens is 245 g/mol. The molecule has 0 radical (unpaired) electrons. The van der Waals surface area contributed by atoms with Crippen LogP contribution in [-0.2, 0) is 6.54 Å². The van der Waals surface area contributed by atoms with E-state index in [2.05, 4.69) is 15.6 Å². The van der Waals surface area contributed by atoms with Crippen LogP contribution in [0, 0.1) is 5.82 Å². The number of pyridine rings is 1. The minimum atomic E-state index is -0.458. The number of hydrogen-bond donors (Lipinski definition) is 2. The number of aromatic nitrogens is 1. The zero-order valence-electron chi connectivity index (χ0n) is 10.5. The highest BCUT2D eigenvalue weighted by Crippen LogP contribution is 2.14. The lowest BCUT2D eigenvalue weighted by Gasteiger charge is -2.07. The summed E-state index contributed by atoms with van der Waals surface area (Å²) in [6.07, 6.45) is 1.56. The van der Waals surface area contributed by atoms with Crippen molar-refractivity contribution in [1.82, 2.24) is 10.3 Å². The van der Waals surface area contributed by atoms with Gasteiger partial charge in [0, 0.05) is 18.3 Å². The summed E-state index contributed by atoms with van der Waals surface area (Å²) in [5, 5.41) is 5.49. The minimum absolute atomic E-state index is 0.166. The first-order valence-corrected chi connectivity index (χ1v) is 5.86. The smallest absolute Gasteiger partial charge is 0.255 e. The van der Waals surface area contributed by atoms with Gasteiger partial charge in [-0.15, -0.1) is 0 Å². The number of carbonyl (C=O) groups is 1. The van der Waals surface area contributed by atoms with E-state index in [1.165, 1.54) is 12.1 Å². The van der Waals surface area contributed by atoms with Crippen molar-refractivity contribution in [2.24, 2.45) is 0 Å². The van der Waals surface area contributed by atoms with Crippen LogP contribution in [0.5, 0.6) is 0 Å². The van der Waals surface area contributed by atoms with Crippen LogP contribution in [0.2, 0.25) is 0 Å². The van der Waals surface area contributed by atoms with E-state index in [9.17, 15) is 9.18 Å². The highest BCUT2D eigenvalue weighted by molar-refractivity contribution is 6.04. The van der Waals surface area contributed by atoms with Gasteiger partial charge in [-0.3, -0.25) is 9.78 Å². The minimum Gasteiger partial charge on any atom is -0.319 e. The van der Waals surface area contributed by atoms with Crippen molar-refractivity contribution in [1.29, 1.82) is 0 Å². The first kappa shape index (κ1) is 13.2. The molecule has 1 heterocycles. The van der Waals surface area contributed by atoms with Crippen LogP contribution in [0.4, 0.5) is 10.1 Å². The number of halogens is 1. The van der Waals surface area contributed by atoms with Crippen LogP contribution in [0.15, 0.2) is 42.6 Å². The number of rotatable bonds is 4. The third-order valence-electron chi connectivity index (χ3n) is 2.56. The number of carbonyl (C=O) groups excluding carboxylic acids is 1. The Bertz CT molecular complexity index is 586. The summed E-state index contributed by atoms with van der Waals surface area (Å²) in [5.74, 6) is -0.815. The van der Waals surface area contributed by atoms with Gasteiger partial charge >= 0.3 is 0 Å². The van der Waals surface area contributed by atoms with Crippen molar-refractivity contribution in [2.75, 3.05) is 12.4 Å². The van der Waals surface area contributed by atoms with Crippen molar-refractivity contribution < 1.29 is 9.18 Å². The first-order chi connectivity index (χ1) is 9.20. The van der Waals surface area contributed by atoms with E-state index < -0.39 is 5.82 Å². The third-order valence-corrected chi connectivity index (χ3v) is 2.56.